The van der Waals surface area contributed by atoms with Crippen LogP contribution in [-0.2, 0) is 9.59 Å². The summed E-state index contributed by atoms with van der Waals surface area (Å²) >= 11 is 0. The Bertz CT molecular complexity index is 80.0. The van der Waals surface area contributed by atoms with E-state index in [0.717, 1.165) is 0 Å². The van der Waals surface area contributed by atoms with Gasteiger partial charge < -0.3 is 19.8 Å². The Morgan fingerprint density at radius 3 is 1.12 bits per heavy atom. The molecule has 0 aliphatic carbocycles. The van der Waals surface area contributed by atoms with Gasteiger partial charge in [-0.3, -0.25) is 0 Å². The molecule has 0 aromatic heterocycles. The van der Waals surface area contributed by atoms with Crippen molar-refractivity contribution in [2.75, 3.05) is 0 Å². The summed E-state index contributed by atoms with van der Waals surface area (Å²) in [7, 11) is 0. The van der Waals surface area contributed by atoms with Crippen LogP contribution in [0.3, 0.4) is 0 Å². The number of carboxylic acid groups (broad SMARTS) is 2. The largest absolute Gasteiger partial charge is 2.00 e. The van der Waals surface area contributed by atoms with E-state index < -0.39 is 11.9 Å². The second-order valence-corrected chi connectivity index (χ2v) is 0.575. The summed E-state index contributed by atoms with van der Waals surface area (Å²) < 4.78 is 0. The van der Waals surface area contributed by atoms with Gasteiger partial charge in [-0.1, -0.05) is 0 Å². The maximum absolute atomic E-state index is 8.93. The minimum absolute atomic E-state index is 0. The van der Waals surface area contributed by atoms with E-state index in [-0.39, 0.29) is 41.9 Å². The molecule has 0 unspecified atom stereocenters. The zero-order chi connectivity index (χ0) is 5.15. The number of aliphatic carboxylic acids is 2. The molecule has 0 aliphatic rings. The second kappa shape index (κ2) is 7.30. The Labute approximate surface area is 73.6 Å². The summed E-state index contributed by atoms with van der Waals surface area (Å²) in [6, 6.07) is 0. The predicted octanol–water partition coefficient (Wildman–Crippen LogP) is -6.89. The molecule has 8 heavy (non-hydrogen) atoms. The predicted molar refractivity (Wildman–Crippen MR) is 15.8 cm³/mol. The average Bonchev–Trinajstić information content (AvgIpc) is 1.36. The summed E-state index contributed by atoms with van der Waals surface area (Å²) in [4.78, 5) is 17.9. The van der Waals surface area contributed by atoms with Crippen LogP contribution >= 0.6 is 0 Å². The first-order valence-corrected chi connectivity index (χ1v) is 1.07. The molecule has 0 atom stereocenters. The fourth-order valence-electron chi connectivity index (χ4n) is 0. The molecule has 0 aromatic rings. The molecule has 0 heterocycles. The third kappa shape index (κ3) is 9.57. The Morgan fingerprint density at radius 1 is 1.00 bits per heavy atom. The van der Waals surface area contributed by atoms with Crippen molar-refractivity contribution < 1.29 is 38.7 Å². The molecular weight excluding hydrogens is 119 g/mol. The van der Waals surface area contributed by atoms with E-state index in [1.165, 1.54) is 0 Å². The van der Waals surface area contributed by atoms with Crippen molar-refractivity contribution in [3.8, 4) is 0 Å². The van der Waals surface area contributed by atoms with E-state index in [4.69, 9.17) is 19.8 Å². The van der Waals surface area contributed by atoms with Gasteiger partial charge in [-0.25, -0.2) is 0 Å². The van der Waals surface area contributed by atoms with Crippen LogP contribution in [0.15, 0.2) is 0 Å². The first-order chi connectivity index (χ1) is 2.64. The maximum Gasteiger partial charge on any atom is 2.00 e. The topological polar surface area (TPSA) is 80.3 Å². The van der Waals surface area contributed by atoms with Gasteiger partial charge in [-0.05, 0) is 0 Å². The van der Waals surface area contributed by atoms with E-state index >= 15 is 0 Å². The van der Waals surface area contributed by atoms with Crippen molar-refractivity contribution in [2.24, 2.45) is 0 Å². The zero-order valence-electron chi connectivity index (χ0n) is 4.34. The molecule has 0 N–H and O–H groups in total. The number of carbonyl (C=O) groups is 2. The van der Waals surface area contributed by atoms with Crippen molar-refractivity contribution in [2.45, 2.75) is 0 Å². The van der Waals surface area contributed by atoms with Crippen molar-refractivity contribution in [1.29, 1.82) is 0 Å². The van der Waals surface area contributed by atoms with Gasteiger partial charge >= 0.3 is 41.9 Å². The van der Waals surface area contributed by atoms with Crippen molar-refractivity contribution in [1.82, 2.24) is 0 Å². The number of rotatable bonds is 0. The van der Waals surface area contributed by atoms with Crippen LogP contribution in [0.5, 0.6) is 0 Å². The Kier molecular flexibility index (Phi) is 14.4. The molecule has 0 rings (SSSR count). The van der Waals surface area contributed by atoms with Crippen LogP contribution < -0.4 is 29.1 Å². The Balaban J connectivity index is -0.000000125. The molecule has 0 aliphatic heterocycles. The molecule has 0 saturated heterocycles. The van der Waals surface area contributed by atoms with Crippen molar-refractivity contribution >= 4 is 35.0 Å². The SMILES string of the molecule is O=C([O-])C(=O)[O-].[Li+].[Mg+2]. The monoisotopic (exact) mass is 119 g/mol. The van der Waals surface area contributed by atoms with E-state index in [1.54, 1.807) is 0 Å². The third-order valence-electron chi connectivity index (χ3n) is 0.167. The molecule has 0 aromatic carbocycles. The van der Waals surface area contributed by atoms with Gasteiger partial charge in [0.25, 0.3) is 0 Å². The molecule has 0 saturated carbocycles. The van der Waals surface area contributed by atoms with E-state index in [9.17, 15) is 0 Å². The molecular formula is C2LiMgO4+. The summed E-state index contributed by atoms with van der Waals surface area (Å²) in [5.41, 5.74) is 0. The van der Waals surface area contributed by atoms with Crippen LogP contribution in [0.1, 0.15) is 0 Å². The first-order valence-electron chi connectivity index (χ1n) is 1.07. The average molecular weight is 119 g/mol. The summed E-state index contributed by atoms with van der Waals surface area (Å²) in [6.07, 6.45) is 0. The maximum atomic E-state index is 8.93. The summed E-state index contributed by atoms with van der Waals surface area (Å²) in [5.74, 6) is -4.37. The van der Waals surface area contributed by atoms with Crippen LogP contribution in [0.2, 0.25) is 0 Å². The quantitative estimate of drug-likeness (QED) is 0.234. The summed E-state index contributed by atoms with van der Waals surface area (Å²) in [5, 5.41) is 17.9. The molecule has 0 bridgehead atoms. The second-order valence-electron chi connectivity index (χ2n) is 0.575. The van der Waals surface area contributed by atoms with Gasteiger partial charge in [0.05, 0.1) is 11.9 Å². The van der Waals surface area contributed by atoms with Gasteiger partial charge in [0.15, 0.2) is 0 Å². The van der Waals surface area contributed by atoms with E-state index in [1.807, 2.05) is 0 Å². The van der Waals surface area contributed by atoms with Crippen LogP contribution in [-0.4, -0.2) is 35.0 Å². The van der Waals surface area contributed by atoms with E-state index in [0.29, 0.717) is 0 Å². The minimum Gasteiger partial charge on any atom is -0.543 e. The first kappa shape index (κ1) is 15.7. The molecule has 0 spiro atoms. The zero-order valence-corrected chi connectivity index (χ0v) is 5.75. The van der Waals surface area contributed by atoms with E-state index in [2.05, 4.69) is 0 Å². The molecule has 0 fully saturated rings. The molecule has 0 radical (unpaired) electrons. The number of hydrogen-bond acceptors (Lipinski definition) is 4. The normalized spacial score (nSPS) is 5.50. The van der Waals surface area contributed by atoms with Gasteiger partial charge in [0.2, 0.25) is 0 Å². The number of carbonyl (C=O) groups excluding carboxylic acids is 2. The standard InChI is InChI=1S/C2H2O4.Li.Mg/c3-1(4)2(5)6;;/h(H,3,4)(H,5,6);;/q;+1;+2/p-2. The molecule has 4 nitrogen and oxygen atoms in total. The summed E-state index contributed by atoms with van der Waals surface area (Å²) in [6.45, 7) is 0. The fourth-order valence-corrected chi connectivity index (χ4v) is 0. The Hall–Kier alpha value is 0.304. The Morgan fingerprint density at radius 2 is 1.12 bits per heavy atom. The van der Waals surface area contributed by atoms with Crippen molar-refractivity contribution in [3.63, 3.8) is 0 Å². The van der Waals surface area contributed by atoms with Gasteiger partial charge in [-0.2, -0.15) is 0 Å². The van der Waals surface area contributed by atoms with Gasteiger partial charge in [0.1, 0.15) is 0 Å². The minimum atomic E-state index is -2.19. The van der Waals surface area contributed by atoms with Crippen LogP contribution in [0.25, 0.3) is 0 Å². The van der Waals surface area contributed by atoms with Crippen molar-refractivity contribution in [3.05, 3.63) is 0 Å². The smallest absolute Gasteiger partial charge is 0.543 e. The molecule has 6 heteroatoms. The van der Waals surface area contributed by atoms with Crippen LogP contribution in [0, 0.1) is 0 Å². The van der Waals surface area contributed by atoms with Gasteiger partial charge in [0, 0.05) is 0 Å². The molecule has 0 amide bonds. The van der Waals surface area contributed by atoms with Gasteiger partial charge in [-0.15, -0.1) is 0 Å². The third-order valence-corrected chi connectivity index (χ3v) is 0.167. The number of carboxylic acids is 2. The number of hydrogen-bond donors (Lipinski definition) is 0. The molecule has 34 valence electrons. The van der Waals surface area contributed by atoms with Crippen LogP contribution in [0.4, 0.5) is 0 Å². The fraction of sp³-hybridized carbons (Fsp3) is 0.